The summed E-state index contributed by atoms with van der Waals surface area (Å²) in [7, 11) is 0. The zero-order chi connectivity index (χ0) is 20.7. The molecule has 0 amide bonds. The topological polar surface area (TPSA) is 0 Å². The fraction of sp³-hybridized carbons (Fsp3) is 0. The van der Waals surface area contributed by atoms with E-state index in [-0.39, 0.29) is 56.5 Å². The third-order valence-corrected chi connectivity index (χ3v) is 2.92. The summed E-state index contributed by atoms with van der Waals surface area (Å²) in [6.07, 6.45) is 0. The molecule has 0 saturated heterocycles. The van der Waals surface area contributed by atoms with Crippen LogP contribution in [-0.4, -0.2) is 0 Å². The molecule has 0 unspecified atom stereocenters. The number of hydrogen-bond acceptors (Lipinski definition) is 0. The van der Waals surface area contributed by atoms with Crippen LogP contribution >= 0.6 is 0 Å². The number of fused-ring (bicyclic) bond motifs is 5. The second-order valence-corrected chi connectivity index (χ2v) is 3.91. The molecule has 0 N–H and O–H groups in total. The molecule has 84 valence electrons. The first-order valence-corrected chi connectivity index (χ1v) is 5.41. The zero-order valence-electron chi connectivity index (χ0n) is 19.2. The van der Waals surface area contributed by atoms with E-state index in [0.29, 0.717) is 0 Å². The van der Waals surface area contributed by atoms with Gasteiger partial charge < -0.3 is 0 Å². The first-order chi connectivity index (χ1) is 13.1. The molecule has 4 rings (SSSR count). The minimum atomic E-state index is -0.493. The van der Waals surface area contributed by atoms with E-state index in [2.05, 4.69) is 0 Å². The normalized spacial score (nSPS) is 19.1. The lowest BCUT2D eigenvalue weighted by atomic mass is 9.97. The van der Waals surface area contributed by atoms with Gasteiger partial charge in [0, 0.05) is 0 Å². The Labute approximate surface area is 120 Å². The minimum Gasteiger partial charge on any atom is -0.0616 e. The summed E-state index contributed by atoms with van der Waals surface area (Å²) in [5.74, 6) is 0. The van der Waals surface area contributed by atoms with Gasteiger partial charge in [0.1, 0.15) is 0 Å². The van der Waals surface area contributed by atoms with Crippen LogP contribution in [0.15, 0.2) is 72.6 Å². The van der Waals surface area contributed by atoms with Crippen molar-refractivity contribution in [3.05, 3.63) is 72.6 Å². The summed E-state index contributed by atoms with van der Waals surface area (Å²) in [4.78, 5) is 0. The van der Waals surface area contributed by atoms with E-state index in [1.807, 2.05) is 0 Å². The molecule has 0 atom stereocenters. The first kappa shape index (κ1) is 4.10. The molecular formula is C18H12. The maximum atomic E-state index is 8.44. The molecule has 0 aromatic heterocycles. The van der Waals surface area contributed by atoms with E-state index in [0.717, 1.165) is 0 Å². The smallest absolute Gasteiger partial charge is 0.0616 e. The highest BCUT2D eigenvalue weighted by molar-refractivity contribution is 6.17. The average molecular weight is 238 g/mol. The fourth-order valence-corrected chi connectivity index (χ4v) is 2.10. The standard InChI is InChI=1S/C18H12/c1-3-7-15-13(5-1)9-11-18-16-8-4-2-6-14(16)10-12-17(15)18/h1-12H/i1D,2D,3D,4D,5D,6D,7D,8D,9D,11D. The van der Waals surface area contributed by atoms with Crippen LogP contribution in [0.5, 0.6) is 0 Å². The highest BCUT2D eigenvalue weighted by Gasteiger charge is 2.03. The summed E-state index contributed by atoms with van der Waals surface area (Å²) in [5.41, 5.74) is 0. The molecule has 0 heteroatoms. The van der Waals surface area contributed by atoms with Gasteiger partial charge in [-0.2, -0.15) is 0 Å². The van der Waals surface area contributed by atoms with Crippen molar-refractivity contribution in [2.45, 2.75) is 0 Å². The molecule has 4 aromatic rings. The van der Waals surface area contributed by atoms with Gasteiger partial charge in [-0.1, -0.05) is 72.6 Å². The SMILES string of the molecule is [2H]c1c([2H])c([2H])c2c(ccc3c4c([2H])c([2H])c([2H])c([2H])c4c([2H])c([2H])c32)c1[2H]. The van der Waals surface area contributed by atoms with Crippen molar-refractivity contribution >= 4 is 32.3 Å². The van der Waals surface area contributed by atoms with E-state index in [1.54, 1.807) is 0 Å². The van der Waals surface area contributed by atoms with E-state index >= 15 is 0 Å². The van der Waals surface area contributed by atoms with Crippen molar-refractivity contribution in [1.82, 2.24) is 0 Å². The predicted octanol–water partition coefficient (Wildman–Crippen LogP) is 5.15. The van der Waals surface area contributed by atoms with Crippen molar-refractivity contribution in [3.63, 3.8) is 0 Å². The molecule has 0 aliphatic carbocycles. The molecule has 0 saturated carbocycles. The van der Waals surface area contributed by atoms with Crippen molar-refractivity contribution in [3.8, 4) is 0 Å². The number of benzene rings is 4. The Morgan fingerprint density at radius 3 is 2.00 bits per heavy atom. The summed E-state index contributed by atoms with van der Waals surface area (Å²) < 4.78 is 81.1. The minimum absolute atomic E-state index is 0.0660. The molecule has 0 bridgehead atoms. The Bertz CT molecular complexity index is 1340. The van der Waals surface area contributed by atoms with Gasteiger partial charge in [0.15, 0.2) is 0 Å². The van der Waals surface area contributed by atoms with Gasteiger partial charge in [-0.05, 0) is 32.3 Å². The number of rotatable bonds is 0. The molecule has 0 radical (unpaired) electrons. The summed E-state index contributed by atoms with van der Waals surface area (Å²) >= 11 is 0. The molecule has 0 heterocycles. The molecule has 0 nitrogen and oxygen atoms in total. The van der Waals surface area contributed by atoms with Crippen LogP contribution in [-0.2, 0) is 0 Å². The average Bonchev–Trinajstić information content (AvgIpc) is 2.68. The lowest BCUT2D eigenvalue weighted by molar-refractivity contribution is 1.77. The lowest BCUT2D eigenvalue weighted by Crippen LogP contribution is -1.79. The van der Waals surface area contributed by atoms with Gasteiger partial charge in [-0.25, -0.2) is 0 Å². The third-order valence-electron chi connectivity index (χ3n) is 2.92. The van der Waals surface area contributed by atoms with Crippen molar-refractivity contribution in [2.24, 2.45) is 0 Å². The van der Waals surface area contributed by atoms with Crippen molar-refractivity contribution in [1.29, 1.82) is 0 Å². The molecular weight excluding hydrogens is 216 g/mol. The molecule has 4 aromatic carbocycles. The Morgan fingerprint density at radius 1 is 0.500 bits per heavy atom. The van der Waals surface area contributed by atoms with Crippen LogP contribution < -0.4 is 0 Å². The monoisotopic (exact) mass is 238 g/mol. The van der Waals surface area contributed by atoms with E-state index in [1.165, 1.54) is 12.1 Å². The molecule has 0 spiro atoms. The van der Waals surface area contributed by atoms with Crippen LogP contribution in [0.25, 0.3) is 32.3 Å². The quantitative estimate of drug-likeness (QED) is 0.372. The Kier molecular flexibility index (Phi) is 0.814. The van der Waals surface area contributed by atoms with Gasteiger partial charge in [0.05, 0.1) is 13.7 Å². The van der Waals surface area contributed by atoms with E-state index in [9.17, 15) is 0 Å². The Balaban J connectivity index is 2.45. The second-order valence-electron chi connectivity index (χ2n) is 3.91. The van der Waals surface area contributed by atoms with Crippen LogP contribution in [0.4, 0.5) is 0 Å². The summed E-state index contributed by atoms with van der Waals surface area (Å²) in [6.45, 7) is 0. The highest BCUT2D eigenvalue weighted by Crippen LogP contribution is 2.30. The summed E-state index contributed by atoms with van der Waals surface area (Å²) in [5, 5.41) is 0.565. The second kappa shape index (κ2) is 3.58. The van der Waals surface area contributed by atoms with Gasteiger partial charge in [-0.3, -0.25) is 0 Å². The Morgan fingerprint density at radius 2 is 1.17 bits per heavy atom. The Hall–Kier alpha value is -2.34. The number of hydrogen-bond donors (Lipinski definition) is 0. The first-order valence-electron chi connectivity index (χ1n) is 10.4. The van der Waals surface area contributed by atoms with E-state index < -0.39 is 36.3 Å². The van der Waals surface area contributed by atoms with Crippen LogP contribution in [0.3, 0.4) is 0 Å². The molecule has 0 aliphatic rings. The molecule has 0 fully saturated rings. The maximum Gasteiger partial charge on any atom is 0.0630 e. The van der Waals surface area contributed by atoms with Crippen molar-refractivity contribution < 1.29 is 13.7 Å². The van der Waals surface area contributed by atoms with Gasteiger partial charge >= 0.3 is 0 Å². The highest BCUT2D eigenvalue weighted by atomic mass is 14.1. The fourth-order valence-electron chi connectivity index (χ4n) is 2.10. The lowest BCUT2D eigenvalue weighted by Gasteiger charge is -2.07. The van der Waals surface area contributed by atoms with Gasteiger partial charge in [0.25, 0.3) is 0 Å². The molecule has 0 aliphatic heterocycles. The predicted molar refractivity (Wildman–Crippen MR) is 79.0 cm³/mol. The van der Waals surface area contributed by atoms with Crippen LogP contribution in [0.1, 0.15) is 13.7 Å². The van der Waals surface area contributed by atoms with Gasteiger partial charge in [-0.15, -0.1) is 0 Å². The van der Waals surface area contributed by atoms with Crippen LogP contribution in [0, 0.1) is 0 Å². The van der Waals surface area contributed by atoms with Crippen molar-refractivity contribution in [2.75, 3.05) is 0 Å². The van der Waals surface area contributed by atoms with Gasteiger partial charge in [0.2, 0.25) is 0 Å². The largest absolute Gasteiger partial charge is 0.0630 e. The summed E-state index contributed by atoms with van der Waals surface area (Å²) in [6, 6.07) is -1.02. The van der Waals surface area contributed by atoms with Crippen LogP contribution in [0.2, 0.25) is 0 Å². The third kappa shape index (κ3) is 1.26. The molecule has 18 heavy (non-hydrogen) atoms. The van der Waals surface area contributed by atoms with E-state index in [4.69, 9.17) is 13.7 Å². The maximum absolute atomic E-state index is 8.44. The zero-order valence-corrected chi connectivity index (χ0v) is 9.15.